The Labute approximate surface area is 145 Å². The first-order valence-electron chi connectivity index (χ1n) is 8.11. The number of aliphatic hydroxyl groups excluding tert-OH is 1. The molecule has 0 aliphatic carbocycles. The van der Waals surface area contributed by atoms with E-state index in [1.54, 1.807) is 12.1 Å². The summed E-state index contributed by atoms with van der Waals surface area (Å²) in [6, 6.07) is 7.81. The van der Waals surface area contributed by atoms with Crippen molar-refractivity contribution in [2.45, 2.75) is 12.5 Å². The standard InChI is InChI=1S/C18H21FN2O2S/c19-16-4-2-14(3-5-16)17(22)12-20-7-1-8-21(10-9-20)18(23)15-6-11-24-13-15/h2-6,11,13,17,22H,1,7-10,12H2. The van der Waals surface area contributed by atoms with Gasteiger partial charge in [-0.2, -0.15) is 11.3 Å². The van der Waals surface area contributed by atoms with E-state index < -0.39 is 6.10 Å². The van der Waals surface area contributed by atoms with Crippen LogP contribution in [0.25, 0.3) is 0 Å². The summed E-state index contributed by atoms with van der Waals surface area (Å²) in [5, 5.41) is 14.1. The number of rotatable bonds is 4. The molecule has 6 heteroatoms. The molecule has 1 amide bonds. The summed E-state index contributed by atoms with van der Waals surface area (Å²) in [4.78, 5) is 16.5. The van der Waals surface area contributed by atoms with Crippen molar-refractivity contribution in [2.24, 2.45) is 0 Å². The van der Waals surface area contributed by atoms with Crippen LogP contribution in [0.1, 0.15) is 28.4 Å². The largest absolute Gasteiger partial charge is 0.387 e. The van der Waals surface area contributed by atoms with Crippen LogP contribution in [-0.2, 0) is 0 Å². The molecular formula is C18H21FN2O2S. The molecule has 2 heterocycles. The van der Waals surface area contributed by atoms with E-state index in [1.807, 2.05) is 21.7 Å². The Morgan fingerprint density at radius 3 is 2.67 bits per heavy atom. The molecule has 0 spiro atoms. The number of aliphatic hydroxyl groups is 1. The molecule has 1 aromatic heterocycles. The lowest BCUT2D eigenvalue weighted by atomic mass is 10.1. The average molecular weight is 348 g/mol. The molecule has 1 N–H and O–H groups in total. The van der Waals surface area contributed by atoms with Crippen molar-refractivity contribution in [1.82, 2.24) is 9.80 Å². The van der Waals surface area contributed by atoms with Crippen LogP contribution in [0.2, 0.25) is 0 Å². The number of hydrogen-bond acceptors (Lipinski definition) is 4. The molecule has 1 fully saturated rings. The van der Waals surface area contributed by atoms with Gasteiger partial charge in [-0.15, -0.1) is 0 Å². The second kappa shape index (κ2) is 7.88. The number of halogens is 1. The Bertz CT molecular complexity index is 660. The molecule has 0 radical (unpaired) electrons. The van der Waals surface area contributed by atoms with Crippen molar-refractivity contribution in [3.05, 3.63) is 58.0 Å². The minimum absolute atomic E-state index is 0.0807. The zero-order valence-electron chi connectivity index (χ0n) is 13.4. The van der Waals surface area contributed by atoms with Gasteiger partial charge in [0.05, 0.1) is 11.7 Å². The van der Waals surface area contributed by atoms with E-state index in [2.05, 4.69) is 4.90 Å². The van der Waals surface area contributed by atoms with Gasteiger partial charge in [0.25, 0.3) is 5.91 Å². The predicted molar refractivity (Wildman–Crippen MR) is 92.6 cm³/mol. The number of thiophene rings is 1. The maximum Gasteiger partial charge on any atom is 0.254 e. The van der Waals surface area contributed by atoms with Crippen molar-refractivity contribution in [1.29, 1.82) is 0 Å². The maximum atomic E-state index is 13.0. The fraction of sp³-hybridized carbons (Fsp3) is 0.389. The summed E-state index contributed by atoms with van der Waals surface area (Å²) < 4.78 is 13.0. The van der Waals surface area contributed by atoms with Gasteiger partial charge in [0, 0.05) is 38.1 Å². The van der Waals surface area contributed by atoms with Gasteiger partial charge in [0.15, 0.2) is 0 Å². The van der Waals surface area contributed by atoms with Crippen LogP contribution in [0.3, 0.4) is 0 Å². The molecule has 1 aliphatic rings. The molecule has 0 bridgehead atoms. The van der Waals surface area contributed by atoms with Crippen molar-refractivity contribution < 1.29 is 14.3 Å². The Balaban J connectivity index is 1.55. The highest BCUT2D eigenvalue weighted by molar-refractivity contribution is 7.08. The van der Waals surface area contributed by atoms with E-state index in [9.17, 15) is 14.3 Å². The van der Waals surface area contributed by atoms with E-state index in [1.165, 1.54) is 23.5 Å². The molecule has 0 saturated carbocycles. The fourth-order valence-corrected chi connectivity index (χ4v) is 3.59. The first-order chi connectivity index (χ1) is 11.6. The summed E-state index contributed by atoms with van der Waals surface area (Å²) in [6.07, 6.45) is 0.233. The van der Waals surface area contributed by atoms with E-state index >= 15 is 0 Å². The van der Waals surface area contributed by atoms with Gasteiger partial charge in [-0.25, -0.2) is 4.39 Å². The van der Waals surface area contributed by atoms with Gasteiger partial charge in [-0.3, -0.25) is 9.69 Å². The number of carbonyl (C=O) groups excluding carboxylic acids is 1. The first kappa shape index (κ1) is 17.1. The monoisotopic (exact) mass is 348 g/mol. The zero-order chi connectivity index (χ0) is 16.9. The predicted octanol–water partition coefficient (Wildman–Crippen LogP) is 2.77. The Kier molecular flexibility index (Phi) is 5.60. The fourth-order valence-electron chi connectivity index (χ4n) is 2.96. The van der Waals surface area contributed by atoms with Gasteiger partial charge in [-0.05, 0) is 35.6 Å². The molecule has 1 aliphatic heterocycles. The lowest BCUT2D eigenvalue weighted by molar-refractivity contribution is 0.0755. The quantitative estimate of drug-likeness (QED) is 0.924. The minimum Gasteiger partial charge on any atom is -0.387 e. The third-order valence-electron chi connectivity index (χ3n) is 4.33. The molecule has 24 heavy (non-hydrogen) atoms. The van der Waals surface area contributed by atoms with Crippen molar-refractivity contribution in [2.75, 3.05) is 32.7 Å². The Morgan fingerprint density at radius 2 is 1.96 bits per heavy atom. The highest BCUT2D eigenvalue weighted by Gasteiger charge is 2.22. The molecular weight excluding hydrogens is 327 g/mol. The van der Waals surface area contributed by atoms with E-state index in [0.717, 1.165) is 31.6 Å². The van der Waals surface area contributed by atoms with Gasteiger partial charge in [0.2, 0.25) is 0 Å². The molecule has 3 rings (SSSR count). The Hall–Kier alpha value is -1.76. The molecule has 128 valence electrons. The van der Waals surface area contributed by atoms with Crippen LogP contribution in [0, 0.1) is 5.82 Å². The van der Waals surface area contributed by atoms with Crippen LogP contribution in [0.4, 0.5) is 4.39 Å². The van der Waals surface area contributed by atoms with Crippen molar-refractivity contribution >= 4 is 17.2 Å². The smallest absolute Gasteiger partial charge is 0.254 e. The summed E-state index contributed by atoms with van der Waals surface area (Å²) in [6.45, 7) is 3.45. The lowest BCUT2D eigenvalue weighted by Crippen LogP contribution is -2.36. The molecule has 1 atom stereocenters. The summed E-state index contributed by atoms with van der Waals surface area (Å²) >= 11 is 1.53. The van der Waals surface area contributed by atoms with Gasteiger partial charge < -0.3 is 10.0 Å². The van der Waals surface area contributed by atoms with Gasteiger partial charge in [-0.1, -0.05) is 12.1 Å². The van der Waals surface area contributed by atoms with E-state index in [4.69, 9.17) is 0 Å². The summed E-state index contributed by atoms with van der Waals surface area (Å²) in [5.41, 5.74) is 1.46. The highest BCUT2D eigenvalue weighted by Crippen LogP contribution is 2.17. The number of β-amino-alcohol motifs (C(OH)–C–C–N with tert-alkyl or cyclic N) is 1. The third-order valence-corrected chi connectivity index (χ3v) is 5.01. The summed E-state index contributed by atoms with van der Waals surface area (Å²) in [5.74, 6) is -0.222. The topological polar surface area (TPSA) is 43.8 Å². The molecule has 1 aromatic carbocycles. The first-order valence-corrected chi connectivity index (χ1v) is 9.05. The third kappa shape index (κ3) is 4.20. The SMILES string of the molecule is O=C(c1ccsc1)N1CCCN(CC(O)c2ccc(F)cc2)CC1. The number of amides is 1. The van der Waals surface area contributed by atoms with Gasteiger partial charge >= 0.3 is 0 Å². The van der Waals surface area contributed by atoms with E-state index in [0.29, 0.717) is 18.7 Å². The minimum atomic E-state index is -0.648. The lowest BCUT2D eigenvalue weighted by Gasteiger charge is -2.24. The molecule has 2 aromatic rings. The van der Waals surface area contributed by atoms with Gasteiger partial charge in [0.1, 0.15) is 5.82 Å². The van der Waals surface area contributed by atoms with Crippen molar-refractivity contribution in [3.8, 4) is 0 Å². The number of benzene rings is 1. The summed E-state index contributed by atoms with van der Waals surface area (Å²) in [7, 11) is 0. The van der Waals surface area contributed by atoms with Crippen LogP contribution in [0.15, 0.2) is 41.1 Å². The van der Waals surface area contributed by atoms with Crippen molar-refractivity contribution in [3.63, 3.8) is 0 Å². The number of hydrogen-bond donors (Lipinski definition) is 1. The van der Waals surface area contributed by atoms with Crippen LogP contribution in [0.5, 0.6) is 0 Å². The molecule has 1 saturated heterocycles. The number of nitrogens with zero attached hydrogens (tertiary/aromatic N) is 2. The Morgan fingerprint density at radius 1 is 1.17 bits per heavy atom. The molecule has 1 unspecified atom stereocenters. The average Bonchev–Trinajstić information content (AvgIpc) is 3.02. The highest BCUT2D eigenvalue weighted by atomic mass is 32.1. The number of carbonyl (C=O) groups is 1. The second-order valence-corrected chi connectivity index (χ2v) is 6.81. The van der Waals surface area contributed by atoms with Crippen LogP contribution in [-0.4, -0.2) is 53.5 Å². The van der Waals surface area contributed by atoms with E-state index in [-0.39, 0.29) is 11.7 Å². The second-order valence-electron chi connectivity index (χ2n) is 6.03. The molecule has 4 nitrogen and oxygen atoms in total. The zero-order valence-corrected chi connectivity index (χ0v) is 14.2. The van der Waals surface area contributed by atoms with Crippen LogP contribution < -0.4 is 0 Å². The van der Waals surface area contributed by atoms with Crippen LogP contribution >= 0.6 is 11.3 Å². The maximum absolute atomic E-state index is 13.0. The normalized spacial score (nSPS) is 17.5.